The van der Waals surface area contributed by atoms with Gasteiger partial charge in [0.1, 0.15) is 5.60 Å². The highest BCUT2D eigenvalue weighted by Gasteiger charge is 2.42. The van der Waals surface area contributed by atoms with E-state index in [0.717, 1.165) is 25.8 Å². The fourth-order valence-electron chi connectivity index (χ4n) is 1.88. The maximum Gasteiger partial charge on any atom is 0.410 e. The van der Waals surface area contributed by atoms with Crippen molar-refractivity contribution in [1.29, 1.82) is 0 Å². The highest BCUT2D eigenvalue weighted by molar-refractivity contribution is 5.68. The SMILES string of the molecule is CC(C)(C)OC(=O)N1CCCC2(CC1)N=N2. The molecule has 0 aliphatic carbocycles. The predicted molar refractivity (Wildman–Crippen MR) is 59.2 cm³/mol. The van der Waals surface area contributed by atoms with E-state index in [4.69, 9.17) is 4.74 Å². The molecular formula is C11H19N3O2. The van der Waals surface area contributed by atoms with Crippen molar-refractivity contribution < 1.29 is 9.53 Å². The maximum absolute atomic E-state index is 11.8. The first-order valence-corrected chi connectivity index (χ1v) is 5.82. The van der Waals surface area contributed by atoms with Crippen LogP contribution in [0.25, 0.3) is 0 Å². The van der Waals surface area contributed by atoms with E-state index in [1.54, 1.807) is 4.90 Å². The van der Waals surface area contributed by atoms with Crippen LogP contribution in [0.3, 0.4) is 0 Å². The van der Waals surface area contributed by atoms with E-state index < -0.39 is 5.60 Å². The van der Waals surface area contributed by atoms with Crippen LogP contribution in [0, 0.1) is 0 Å². The molecule has 0 atom stereocenters. The molecule has 0 aromatic rings. The van der Waals surface area contributed by atoms with E-state index in [0.29, 0.717) is 6.54 Å². The Hall–Kier alpha value is -1.13. The second-order valence-corrected chi connectivity index (χ2v) is 5.50. The standard InChI is InChI=1S/C11H19N3O2/c1-10(2,3)16-9(15)14-7-4-5-11(6-8-14)12-13-11/h4-8H2,1-3H3. The lowest BCUT2D eigenvalue weighted by atomic mass is 10.1. The molecular weight excluding hydrogens is 206 g/mol. The minimum absolute atomic E-state index is 0.142. The number of carbonyl (C=O) groups is 1. The summed E-state index contributed by atoms with van der Waals surface area (Å²) in [6.07, 6.45) is 2.54. The summed E-state index contributed by atoms with van der Waals surface area (Å²) in [4.78, 5) is 13.6. The summed E-state index contributed by atoms with van der Waals surface area (Å²) in [5.74, 6) is 0. The zero-order valence-corrected chi connectivity index (χ0v) is 10.2. The van der Waals surface area contributed by atoms with Crippen LogP contribution in [0.15, 0.2) is 10.2 Å². The molecule has 0 N–H and O–H groups in total. The largest absolute Gasteiger partial charge is 0.444 e. The quantitative estimate of drug-likeness (QED) is 0.636. The Morgan fingerprint density at radius 2 is 1.94 bits per heavy atom. The number of hydrogen-bond acceptors (Lipinski definition) is 4. The first-order valence-electron chi connectivity index (χ1n) is 5.82. The summed E-state index contributed by atoms with van der Waals surface area (Å²) < 4.78 is 5.35. The topological polar surface area (TPSA) is 54.3 Å². The van der Waals surface area contributed by atoms with Gasteiger partial charge in [0.05, 0.1) is 0 Å². The number of carbonyl (C=O) groups excluding carboxylic acids is 1. The summed E-state index contributed by atoms with van der Waals surface area (Å²) >= 11 is 0. The van der Waals surface area contributed by atoms with E-state index in [1.807, 2.05) is 20.8 Å². The van der Waals surface area contributed by atoms with Crippen molar-refractivity contribution in [2.45, 2.75) is 51.3 Å². The minimum atomic E-state index is -0.421. The third kappa shape index (κ3) is 2.71. The zero-order valence-electron chi connectivity index (χ0n) is 10.2. The van der Waals surface area contributed by atoms with Crippen LogP contribution in [0.5, 0.6) is 0 Å². The van der Waals surface area contributed by atoms with Crippen molar-refractivity contribution in [2.24, 2.45) is 10.2 Å². The van der Waals surface area contributed by atoms with Crippen molar-refractivity contribution in [3.63, 3.8) is 0 Å². The lowest BCUT2D eigenvalue weighted by Crippen LogP contribution is -2.37. The minimum Gasteiger partial charge on any atom is -0.444 e. The maximum atomic E-state index is 11.8. The van der Waals surface area contributed by atoms with Crippen molar-refractivity contribution in [2.75, 3.05) is 13.1 Å². The molecule has 0 saturated carbocycles. The second kappa shape index (κ2) is 3.71. The summed E-state index contributed by atoms with van der Waals surface area (Å²) in [5.41, 5.74) is -0.563. The van der Waals surface area contributed by atoms with E-state index in [1.165, 1.54) is 0 Å². The van der Waals surface area contributed by atoms with Crippen molar-refractivity contribution in [3.05, 3.63) is 0 Å². The molecule has 1 fully saturated rings. The first kappa shape index (κ1) is 11.4. The number of hydrogen-bond donors (Lipinski definition) is 0. The molecule has 16 heavy (non-hydrogen) atoms. The van der Waals surface area contributed by atoms with Crippen LogP contribution in [-0.2, 0) is 4.74 Å². The van der Waals surface area contributed by atoms with Crippen LogP contribution in [0.1, 0.15) is 40.0 Å². The van der Waals surface area contributed by atoms with Crippen LogP contribution in [0.4, 0.5) is 4.79 Å². The van der Waals surface area contributed by atoms with Crippen molar-refractivity contribution in [3.8, 4) is 0 Å². The third-order valence-electron chi connectivity index (χ3n) is 2.82. The van der Waals surface area contributed by atoms with Gasteiger partial charge in [0.2, 0.25) is 0 Å². The fourth-order valence-corrected chi connectivity index (χ4v) is 1.88. The van der Waals surface area contributed by atoms with Gasteiger partial charge in [-0.05, 0) is 33.6 Å². The smallest absolute Gasteiger partial charge is 0.410 e. The van der Waals surface area contributed by atoms with Gasteiger partial charge < -0.3 is 9.64 Å². The first-order chi connectivity index (χ1) is 7.40. The lowest BCUT2D eigenvalue weighted by Gasteiger charge is -2.26. The summed E-state index contributed by atoms with van der Waals surface area (Å²) in [7, 11) is 0. The van der Waals surface area contributed by atoms with Crippen molar-refractivity contribution >= 4 is 6.09 Å². The molecule has 0 aromatic carbocycles. The number of amides is 1. The molecule has 1 spiro atoms. The molecule has 2 rings (SSSR count). The molecule has 2 heterocycles. The highest BCUT2D eigenvalue weighted by Crippen LogP contribution is 2.38. The van der Waals surface area contributed by atoms with Crippen LogP contribution in [-0.4, -0.2) is 35.3 Å². The Morgan fingerprint density at radius 3 is 2.50 bits per heavy atom. The molecule has 2 aliphatic rings. The molecule has 0 radical (unpaired) electrons. The number of ether oxygens (including phenoxy) is 1. The van der Waals surface area contributed by atoms with Gasteiger partial charge in [-0.25, -0.2) is 4.79 Å². The number of nitrogens with zero attached hydrogens (tertiary/aromatic N) is 3. The van der Waals surface area contributed by atoms with E-state index in [2.05, 4.69) is 10.2 Å². The van der Waals surface area contributed by atoms with Crippen LogP contribution in [0.2, 0.25) is 0 Å². The van der Waals surface area contributed by atoms with E-state index in [9.17, 15) is 4.79 Å². The van der Waals surface area contributed by atoms with Gasteiger partial charge in [0, 0.05) is 19.5 Å². The Balaban J connectivity index is 1.87. The Morgan fingerprint density at radius 1 is 1.25 bits per heavy atom. The van der Waals surface area contributed by atoms with Gasteiger partial charge in [0.25, 0.3) is 0 Å². The van der Waals surface area contributed by atoms with Gasteiger partial charge in [0.15, 0.2) is 5.66 Å². The summed E-state index contributed by atoms with van der Waals surface area (Å²) in [6, 6.07) is 0. The molecule has 0 unspecified atom stereocenters. The number of rotatable bonds is 0. The van der Waals surface area contributed by atoms with Crippen LogP contribution >= 0.6 is 0 Å². The van der Waals surface area contributed by atoms with Gasteiger partial charge >= 0.3 is 6.09 Å². The van der Waals surface area contributed by atoms with Gasteiger partial charge in [-0.15, -0.1) is 0 Å². The Kier molecular flexibility index (Phi) is 2.64. The third-order valence-corrected chi connectivity index (χ3v) is 2.82. The van der Waals surface area contributed by atoms with E-state index in [-0.39, 0.29) is 11.8 Å². The average Bonchev–Trinajstić information content (AvgIpc) is 2.92. The van der Waals surface area contributed by atoms with Crippen LogP contribution < -0.4 is 0 Å². The zero-order chi connectivity index (χ0) is 11.8. The van der Waals surface area contributed by atoms with Crippen molar-refractivity contribution in [1.82, 2.24) is 4.90 Å². The second-order valence-electron chi connectivity index (χ2n) is 5.50. The highest BCUT2D eigenvalue weighted by atomic mass is 16.6. The molecule has 1 amide bonds. The van der Waals surface area contributed by atoms with E-state index >= 15 is 0 Å². The molecule has 1 saturated heterocycles. The van der Waals surface area contributed by atoms with Gasteiger partial charge in [-0.2, -0.15) is 10.2 Å². The Labute approximate surface area is 95.9 Å². The average molecular weight is 225 g/mol. The van der Waals surface area contributed by atoms with Gasteiger partial charge in [-0.1, -0.05) is 0 Å². The monoisotopic (exact) mass is 225 g/mol. The fraction of sp³-hybridized carbons (Fsp3) is 0.909. The Bertz CT molecular complexity index is 314. The summed E-state index contributed by atoms with van der Waals surface area (Å²) in [6.45, 7) is 7.10. The lowest BCUT2D eigenvalue weighted by molar-refractivity contribution is 0.0256. The summed E-state index contributed by atoms with van der Waals surface area (Å²) in [5, 5.41) is 8.14. The molecule has 2 aliphatic heterocycles. The normalized spacial score (nSPS) is 23.1. The van der Waals surface area contributed by atoms with Gasteiger partial charge in [-0.3, -0.25) is 0 Å². The molecule has 5 nitrogen and oxygen atoms in total. The molecule has 5 heteroatoms. The predicted octanol–water partition coefficient (Wildman–Crippen LogP) is 2.57. The molecule has 0 bridgehead atoms. The number of likely N-dealkylation sites (tertiary alicyclic amines) is 1. The molecule has 0 aromatic heterocycles. The molecule has 90 valence electrons.